The molecule has 36 heavy (non-hydrogen) atoms. The van der Waals surface area contributed by atoms with Crippen LogP contribution in [0.4, 0.5) is 4.79 Å². The molecule has 1 aliphatic carbocycles. The number of hydrogen-bond donors (Lipinski definition) is 1. The minimum atomic E-state index is -1.15. The third-order valence-corrected chi connectivity index (χ3v) is 8.41. The van der Waals surface area contributed by atoms with Gasteiger partial charge in [-0.15, -0.1) is 10.2 Å². The van der Waals surface area contributed by atoms with Crippen LogP contribution in [0.1, 0.15) is 43.8 Å². The van der Waals surface area contributed by atoms with Gasteiger partial charge < -0.3 is 15.2 Å². The van der Waals surface area contributed by atoms with Crippen LogP contribution in [0.5, 0.6) is 0 Å². The molecular weight excluding hydrogens is 470 g/mol. The molecule has 1 aromatic carbocycles. The number of pyridine rings is 1. The molecule has 192 valence electrons. The van der Waals surface area contributed by atoms with Gasteiger partial charge in [0.05, 0.1) is 0 Å². The number of primary amides is 1. The predicted octanol–water partition coefficient (Wildman–Crippen LogP) is 6.04. The first kappa shape index (κ1) is 26.0. The van der Waals surface area contributed by atoms with E-state index < -0.39 is 14.2 Å². The number of hydrogen-bond acceptors (Lipinski definition) is 6. The molecule has 1 unspecified atom stereocenters. The number of carbonyl (C=O) groups is 1. The Kier molecular flexibility index (Phi) is 8.53. The normalized spacial score (nSPS) is 15.5. The number of amides is 1. The second-order valence-electron chi connectivity index (χ2n) is 10.8. The second-order valence-corrected chi connectivity index (χ2v) is 16.4. The minimum absolute atomic E-state index is 0.283. The quantitative estimate of drug-likeness (QED) is 0.265. The molecule has 2 aromatic heterocycles. The molecule has 4 rings (SSSR count). The van der Waals surface area contributed by atoms with Gasteiger partial charge in [0.15, 0.2) is 5.82 Å². The third kappa shape index (κ3) is 7.01. The first-order chi connectivity index (χ1) is 17.3. The van der Waals surface area contributed by atoms with Crippen molar-refractivity contribution in [1.82, 2.24) is 19.7 Å². The van der Waals surface area contributed by atoms with E-state index in [9.17, 15) is 4.79 Å². The largest absolute Gasteiger partial charge is 0.441 e. The van der Waals surface area contributed by atoms with Crippen LogP contribution in [-0.2, 0) is 16.2 Å². The lowest BCUT2D eigenvalue weighted by molar-refractivity contribution is 0.0534. The number of benzene rings is 1. The highest BCUT2D eigenvalue weighted by atomic mass is 28.3. The van der Waals surface area contributed by atoms with E-state index in [4.69, 9.17) is 15.2 Å². The third-order valence-electron chi connectivity index (χ3n) is 6.71. The summed E-state index contributed by atoms with van der Waals surface area (Å²) in [6, 6.07) is 11.3. The molecule has 0 aliphatic heterocycles. The van der Waals surface area contributed by atoms with Crippen LogP contribution in [0.3, 0.4) is 0 Å². The van der Waals surface area contributed by atoms with E-state index in [-0.39, 0.29) is 12.0 Å². The van der Waals surface area contributed by atoms with E-state index in [1.165, 1.54) is 6.42 Å². The van der Waals surface area contributed by atoms with Crippen LogP contribution < -0.4 is 5.73 Å². The molecule has 3 aromatic rings. The Morgan fingerprint density at radius 2 is 1.89 bits per heavy atom. The topological polar surface area (TPSA) is 105 Å². The van der Waals surface area contributed by atoms with Gasteiger partial charge in [-0.1, -0.05) is 57.1 Å². The molecule has 0 spiro atoms. The molecule has 0 saturated heterocycles. The number of nitrogens with zero attached hydrogens (tertiary/aromatic N) is 4. The summed E-state index contributed by atoms with van der Waals surface area (Å²) < 4.78 is 13.4. The highest BCUT2D eigenvalue weighted by Gasteiger charge is 2.28. The predicted molar refractivity (Wildman–Crippen MR) is 143 cm³/mol. The van der Waals surface area contributed by atoms with Gasteiger partial charge in [0.1, 0.15) is 19.2 Å². The summed E-state index contributed by atoms with van der Waals surface area (Å²) in [5, 5.41) is 8.42. The Hall–Kier alpha value is -3.04. The van der Waals surface area contributed by atoms with Gasteiger partial charge in [0.2, 0.25) is 0 Å². The Morgan fingerprint density at radius 3 is 2.64 bits per heavy atom. The summed E-state index contributed by atoms with van der Waals surface area (Å²) in [6.45, 7) is 8.15. The van der Waals surface area contributed by atoms with Crippen LogP contribution in [0, 0.1) is 5.92 Å². The fourth-order valence-corrected chi connectivity index (χ4v) is 5.48. The van der Waals surface area contributed by atoms with Crippen LogP contribution in [-0.4, -0.2) is 40.5 Å². The Balaban J connectivity index is 1.54. The van der Waals surface area contributed by atoms with E-state index >= 15 is 0 Å². The van der Waals surface area contributed by atoms with Crippen molar-refractivity contribution < 1.29 is 14.3 Å². The highest BCUT2D eigenvalue weighted by molar-refractivity contribution is 6.76. The molecule has 2 N–H and O–H groups in total. The van der Waals surface area contributed by atoms with E-state index in [1.807, 2.05) is 29.0 Å². The van der Waals surface area contributed by atoms with Gasteiger partial charge in [0.25, 0.3) is 0 Å². The number of rotatable bonds is 10. The highest BCUT2D eigenvalue weighted by Crippen LogP contribution is 2.38. The maximum absolute atomic E-state index is 11.7. The molecule has 1 fully saturated rings. The Labute approximate surface area is 214 Å². The summed E-state index contributed by atoms with van der Waals surface area (Å²) in [5.74, 6) is 0.996. The molecule has 1 atom stereocenters. The van der Waals surface area contributed by atoms with Gasteiger partial charge in [0, 0.05) is 44.1 Å². The van der Waals surface area contributed by atoms with Crippen molar-refractivity contribution in [3.63, 3.8) is 0 Å². The monoisotopic (exact) mass is 507 g/mol. The van der Waals surface area contributed by atoms with Gasteiger partial charge >= 0.3 is 6.09 Å². The van der Waals surface area contributed by atoms with Crippen LogP contribution >= 0.6 is 0 Å². The van der Waals surface area contributed by atoms with E-state index in [0.29, 0.717) is 12.6 Å². The van der Waals surface area contributed by atoms with Crippen molar-refractivity contribution in [2.45, 2.75) is 70.6 Å². The summed E-state index contributed by atoms with van der Waals surface area (Å²) >= 11 is 0. The lowest BCUT2D eigenvalue weighted by Crippen LogP contribution is -2.24. The van der Waals surface area contributed by atoms with Gasteiger partial charge in [-0.2, -0.15) is 0 Å². The zero-order valence-electron chi connectivity index (χ0n) is 21.5. The summed E-state index contributed by atoms with van der Waals surface area (Å²) in [7, 11) is -1.15. The van der Waals surface area contributed by atoms with E-state index in [2.05, 4.69) is 47.0 Å². The van der Waals surface area contributed by atoms with Crippen LogP contribution in [0.2, 0.25) is 25.7 Å². The fourth-order valence-electron chi connectivity index (χ4n) is 4.73. The fraction of sp³-hybridized carbons (Fsp3) is 0.481. The van der Waals surface area contributed by atoms with Gasteiger partial charge in [-0.3, -0.25) is 9.55 Å². The molecule has 2 heterocycles. The van der Waals surface area contributed by atoms with Crippen molar-refractivity contribution >= 4 is 14.2 Å². The molecule has 0 radical (unpaired) electrons. The number of nitrogens with two attached hydrogens (primary N) is 1. The van der Waals surface area contributed by atoms with Crippen molar-refractivity contribution in [3.05, 3.63) is 54.6 Å². The van der Waals surface area contributed by atoms with Gasteiger partial charge in [-0.25, -0.2) is 4.79 Å². The zero-order chi connectivity index (χ0) is 25.5. The van der Waals surface area contributed by atoms with Crippen LogP contribution in [0.25, 0.3) is 22.5 Å². The van der Waals surface area contributed by atoms with Crippen molar-refractivity contribution in [2.24, 2.45) is 11.7 Å². The van der Waals surface area contributed by atoms with Crippen molar-refractivity contribution in [3.8, 4) is 22.5 Å². The summed E-state index contributed by atoms with van der Waals surface area (Å²) in [6.07, 6.45) is 9.84. The molecule has 0 bridgehead atoms. The minimum Gasteiger partial charge on any atom is -0.441 e. The van der Waals surface area contributed by atoms with Crippen molar-refractivity contribution in [1.29, 1.82) is 0 Å². The average molecular weight is 508 g/mol. The maximum atomic E-state index is 11.7. The average Bonchev–Trinajstić information content (AvgIpc) is 3.34. The number of carbonyl (C=O) groups excluding carboxylic acids is 1. The first-order valence-corrected chi connectivity index (χ1v) is 16.5. The standard InChI is InChI=1S/C27H37N5O3Si/c1-36(2,3)13-12-34-19-32-18-30-31-26(32)24-15-23(16-29-17-24)21-10-7-11-22(14-21)25(35-27(28)33)20-8-5-4-6-9-20/h7,10-11,14-18,20,25H,4-6,8-9,12-13,19H2,1-3H3,(H2,28,33). The summed E-state index contributed by atoms with van der Waals surface area (Å²) in [4.78, 5) is 16.2. The molecule has 1 saturated carbocycles. The Morgan fingerprint density at radius 1 is 1.11 bits per heavy atom. The zero-order valence-corrected chi connectivity index (χ0v) is 22.5. The number of aromatic nitrogens is 4. The Bertz CT molecular complexity index is 1150. The number of ether oxygens (including phenoxy) is 2. The van der Waals surface area contributed by atoms with Crippen LogP contribution in [0.15, 0.2) is 49.1 Å². The summed E-state index contributed by atoms with van der Waals surface area (Å²) in [5.41, 5.74) is 9.21. The molecule has 1 aliphatic rings. The van der Waals surface area contributed by atoms with Gasteiger partial charge in [-0.05, 0) is 42.1 Å². The van der Waals surface area contributed by atoms with E-state index in [1.54, 1.807) is 12.5 Å². The molecule has 1 amide bonds. The SMILES string of the molecule is C[Si](C)(C)CCOCn1cnnc1-c1cncc(-c2cccc(C(OC(N)=O)C3CCCCC3)c2)c1. The lowest BCUT2D eigenvalue weighted by atomic mass is 9.82. The maximum Gasteiger partial charge on any atom is 0.405 e. The smallest absolute Gasteiger partial charge is 0.405 e. The van der Waals surface area contributed by atoms with E-state index in [0.717, 1.165) is 60.6 Å². The first-order valence-electron chi connectivity index (χ1n) is 12.8. The lowest BCUT2D eigenvalue weighted by Gasteiger charge is -2.30. The molecular formula is C27H37N5O3Si. The molecule has 9 heteroatoms. The molecule has 8 nitrogen and oxygen atoms in total. The second kappa shape index (κ2) is 11.8. The van der Waals surface area contributed by atoms with Crippen molar-refractivity contribution in [2.75, 3.05) is 6.61 Å².